The van der Waals surface area contributed by atoms with Gasteiger partial charge in [-0.2, -0.15) is 18.3 Å². The van der Waals surface area contributed by atoms with E-state index in [2.05, 4.69) is 21.0 Å². The van der Waals surface area contributed by atoms with Crippen LogP contribution >= 0.6 is 15.9 Å². The van der Waals surface area contributed by atoms with Crippen LogP contribution in [0.2, 0.25) is 0 Å². The molecule has 2 aromatic rings. The van der Waals surface area contributed by atoms with Gasteiger partial charge in [0.2, 0.25) is 5.78 Å². The predicted molar refractivity (Wildman–Crippen MR) is 65.8 cm³/mol. The number of alkyl halides is 3. The van der Waals surface area contributed by atoms with Crippen LogP contribution in [0.5, 0.6) is 0 Å². The summed E-state index contributed by atoms with van der Waals surface area (Å²) in [6.07, 6.45) is -2.94. The lowest BCUT2D eigenvalue weighted by molar-refractivity contribution is -0.137. The number of carbonyl (C=O) groups is 1. The summed E-state index contributed by atoms with van der Waals surface area (Å²) < 4.78 is 39.6. The molecule has 100 valence electrons. The molecule has 19 heavy (non-hydrogen) atoms. The fraction of sp³-hybridized carbons (Fsp3) is 0.167. The smallest absolute Gasteiger partial charge is 0.287 e. The molecule has 1 aromatic heterocycles. The largest absolute Gasteiger partial charge is 0.416 e. The van der Waals surface area contributed by atoms with Crippen LogP contribution in [0.4, 0.5) is 13.2 Å². The maximum Gasteiger partial charge on any atom is 0.416 e. The van der Waals surface area contributed by atoms with Crippen LogP contribution in [0.1, 0.15) is 21.6 Å². The van der Waals surface area contributed by atoms with Crippen molar-refractivity contribution in [2.45, 2.75) is 6.18 Å². The van der Waals surface area contributed by atoms with Crippen molar-refractivity contribution in [2.24, 2.45) is 7.05 Å². The minimum absolute atomic E-state index is 0.0616. The minimum atomic E-state index is -4.49. The number of aromatic nitrogens is 2. The van der Waals surface area contributed by atoms with E-state index in [1.54, 1.807) is 13.2 Å². The van der Waals surface area contributed by atoms with E-state index < -0.39 is 17.5 Å². The molecule has 0 bridgehead atoms. The van der Waals surface area contributed by atoms with Crippen LogP contribution in [0.3, 0.4) is 0 Å². The highest BCUT2D eigenvalue weighted by molar-refractivity contribution is 9.10. The number of ketones is 1. The molecule has 0 N–H and O–H groups in total. The lowest BCUT2D eigenvalue weighted by Crippen LogP contribution is -2.09. The van der Waals surface area contributed by atoms with E-state index in [9.17, 15) is 18.0 Å². The molecule has 0 aliphatic heterocycles. The molecule has 1 heterocycles. The number of nitrogens with zero attached hydrogens (tertiary/aromatic N) is 2. The maximum absolute atomic E-state index is 12.6. The Labute approximate surface area is 115 Å². The summed E-state index contributed by atoms with van der Waals surface area (Å²) in [5, 5.41) is 3.88. The number of benzene rings is 1. The monoisotopic (exact) mass is 332 g/mol. The second kappa shape index (κ2) is 4.80. The molecule has 0 radical (unpaired) electrons. The summed E-state index contributed by atoms with van der Waals surface area (Å²) in [5.41, 5.74) is -0.828. The van der Waals surface area contributed by atoms with Crippen LogP contribution in [-0.2, 0) is 13.2 Å². The van der Waals surface area contributed by atoms with Gasteiger partial charge in [-0.05, 0) is 24.3 Å². The number of hydrogen-bond donors (Lipinski definition) is 0. The van der Waals surface area contributed by atoms with Crippen molar-refractivity contribution in [3.05, 3.63) is 51.8 Å². The first-order chi connectivity index (χ1) is 8.79. The van der Waals surface area contributed by atoms with Gasteiger partial charge in [-0.25, -0.2) is 0 Å². The van der Waals surface area contributed by atoms with E-state index in [0.717, 1.165) is 12.1 Å². The second-order valence-corrected chi connectivity index (χ2v) is 4.75. The molecule has 2 rings (SSSR count). The van der Waals surface area contributed by atoms with Gasteiger partial charge in [-0.3, -0.25) is 9.48 Å². The predicted octanol–water partition coefficient (Wildman–Crippen LogP) is 3.43. The Morgan fingerprint density at radius 1 is 1.32 bits per heavy atom. The van der Waals surface area contributed by atoms with Gasteiger partial charge >= 0.3 is 6.18 Å². The highest BCUT2D eigenvalue weighted by Gasteiger charge is 2.31. The third-order valence-corrected chi connectivity index (χ3v) is 3.18. The van der Waals surface area contributed by atoms with Crippen molar-refractivity contribution in [3.8, 4) is 0 Å². The van der Waals surface area contributed by atoms with Crippen LogP contribution in [-0.4, -0.2) is 15.6 Å². The summed E-state index contributed by atoms with van der Waals surface area (Å²) in [6.45, 7) is 0. The molecule has 0 unspecified atom stereocenters. The molecule has 7 heteroatoms. The zero-order valence-electron chi connectivity index (χ0n) is 9.70. The van der Waals surface area contributed by atoms with Crippen LogP contribution < -0.4 is 0 Å². The van der Waals surface area contributed by atoms with Crippen molar-refractivity contribution in [1.82, 2.24) is 9.78 Å². The normalized spacial score (nSPS) is 11.6. The highest BCUT2D eigenvalue weighted by Crippen LogP contribution is 2.32. The first kappa shape index (κ1) is 13.8. The number of hydrogen-bond acceptors (Lipinski definition) is 2. The molecular formula is C12H8BrF3N2O. The van der Waals surface area contributed by atoms with Gasteiger partial charge < -0.3 is 0 Å². The number of carbonyl (C=O) groups excluding carboxylic acids is 1. The average molecular weight is 333 g/mol. The Morgan fingerprint density at radius 3 is 2.53 bits per heavy atom. The Balaban J connectivity index is 2.47. The van der Waals surface area contributed by atoms with Crippen LogP contribution in [0.15, 0.2) is 34.9 Å². The van der Waals surface area contributed by atoms with Crippen molar-refractivity contribution < 1.29 is 18.0 Å². The summed E-state index contributed by atoms with van der Waals surface area (Å²) in [4.78, 5) is 12.1. The average Bonchev–Trinajstić information content (AvgIpc) is 2.74. The lowest BCUT2D eigenvalue weighted by atomic mass is 10.1. The molecular weight excluding hydrogens is 325 g/mol. The van der Waals surface area contributed by atoms with E-state index in [-0.39, 0.29) is 11.3 Å². The van der Waals surface area contributed by atoms with Crippen molar-refractivity contribution >= 4 is 21.7 Å². The Hall–Kier alpha value is -1.63. The number of halogens is 4. The van der Waals surface area contributed by atoms with E-state index in [0.29, 0.717) is 4.47 Å². The Bertz CT molecular complexity index is 634. The highest BCUT2D eigenvalue weighted by atomic mass is 79.9. The molecule has 0 atom stereocenters. The Morgan fingerprint density at radius 2 is 2.00 bits per heavy atom. The Kier molecular flexibility index (Phi) is 3.49. The number of rotatable bonds is 2. The molecule has 1 aromatic carbocycles. The zero-order valence-corrected chi connectivity index (χ0v) is 11.3. The molecule has 0 fully saturated rings. The van der Waals surface area contributed by atoms with Gasteiger partial charge in [0, 0.05) is 23.3 Å². The van der Waals surface area contributed by atoms with Crippen LogP contribution in [0.25, 0.3) is 0 Å². The fourth-order valence-electron chi connectivity index (χ4n) is 1.55. The minimum Gasteiger partial charge on any atom is -0.287 e. The third kappa shape index (κ3) is 2.86. The number of aryl methyl sites for hydroxylation is 1. The van der Waals surface area contributed by atoms with E-state index in [1.807, 2.05) is 0 Å². The summed E-state index contributed by atoms with van der Waals surface area (Å²) in [7, 11) is 1.62. The molecule has 0 amide bonds. The lowest BCUT2D eigenvalue weighted by Gasteiger charge is -2.09. The van der Waals surface area contributed by atoms with Gasteiger partial charge in [0.05, 0.1) is 5.56 Å². The van der Waals surface area contributed by atoms with E-state index in [1.165, 1.54) is 16.8 Å². The van der Waals surface area contributed by atoms with Crippen LogP contribution in [0, 0.1) is 0 Å². The third-order valence-electron chi connectivity index (χ3n) is 2.48. The van der Waals surface area contributed by atoms with Gasteiger partial charge in [-0.15, -0.1) is 0 Å². The molecule has 0 spiro atoms. The van der Waals surface area contributed by atoms with Crippen molar-refractivity contribution in [2.75, 3.05) is 0 Å². The maximum atomic E-state index is 12.6. The molecule has 0 aliphatic rings. The van der Waals surface area contributed by atoms with Gasteiger partial charge in [-0.1, -0.05) is 15.9 Å². The van der Waals surface area contributed by atoms with Gasteiger partial charge in [0.1, 0.15) is 5.69 Å². The second-order valence-electron chi connectivity index (χ2n) is 3.90. The molecule has 3 nitrogen and oxygen atoms in total. The first-order valence-electron chi connectivity index (χ1n) is 5.20. The topological polar surface area (TPSA) is 34.9 Å². The standard InChI is InChI=1S/C12H8BrF3N2O/c1-18-5-4-10(17-18)11(19)8-6-7(12(14,15)16)2-3-9(8)13/h2-6H,1H3. The van der Waals surface area contributed by atoms with Gasteiger partial charge in [0.15, 0.2) is 0 Å². The van der Waals surface area contributed by atoms with Crippen molar-refractivity contribution in [3.63, 3.8) is 0 Å². The zero-order chi connectivity index (χ0) is 14.2. The fourth-order valence-corrected chi connectivity index (χ4v) is 1.98. The quantitative estimate of drug-likeness (QED) is 0.790. The molecule has 0 saturated carbocycles. The molecule has 0 saturated heterocycles. The van der Waals surface area contributed by atoms with E-state index in [4.69, 9.17) is 0 Å². The van der Waals surface area contributed by atoms with Gasteiger partial charge in [0.25, 0.3) is 0 Å². The first-order valence-corrected chi connectivity index (χ1v) is 5.99. The SMILES string of the molecule is Cn1ccc(C(=O)c2cc(C(F)(F)F)ccc2Br)n1. The summed E-state index contributed by atoms with van der Waals surface area (Å²) in [6, 6.07) is 4.40. The molecule has 0 aliphatic carbocycles. The summed E-state index contributed by atoms with van der Waals surface area (Å²) >= 11 is 3.08. The van der Waals surface area contributed by atoms with Crippen molar-refractivity contribution in [1.29, 1.82) is 0 Å². The van der Waals surface area contributed by atoms with E-state index >= 15 is 0 Å². The summed E-state index contributed by atoms with van der Waals surface area (Å²) in [5.74, 6) is -0.557.